The van der Waals surface area contributed by atoms with Gasteiger partial charge in [0, 0.05) is 18.3 Å². The number of anilines is 1. The van der Waals surface area contributed by atoms with Crippen LogP contribution in [0.15, 0.2) is 18.2 Å². The molecule has 0 unspecified atom stereocenters. The molecule has 7 heteroatoms. The highest BCUT2D eigenvalue weighted by atomic mass is 19.4. The first-order chi connectivity index (χ1) is 9.22. The van der Waals surface area contributed by atoms with E-state index in [4.69, 9.17) is 5.73 Å². The molecule has 0 aliphatic rings. The van der Waals surface area contributed by atoms with Gasteiger partial charge in [-0.05, 0) is 23.8 Å². The third-order valence-corrected chi connectivity index (χ3v) is 2.51. The summed E-state index contributed by atoms with van der Waals surface area (Å²) in [6.45, 7) is 3.73. The normalized spacial score (nSPS) is 11.8. The molecular formula is C13H18F3N3O. The summed E-state index contributed by atoms with van der Waals surface area (Å²) in [5.41, 5.74) is 4.95. The van der Waals surface area contributed by atoms with E-state index in [1.54, 1.807) is 0 Å². The summed E-state index contributed by atoms with van der Waals surface area (Å²) in [7, 11) is 0. The van der Waals surface area contributed by atoms with E-state index in [0.717, 1.165) is 12.1 Å². The molecule has 0 spiro atoms. The minimum Gasteiger partial charge on any atom is -0.326 e. The van der Waals surface area contributed by atoms with Crippen molar-refractivity contribution in [3.63, 3.8) is 0 Å². The monoisotopic (exact) mass is 289 g/mol. The smallest absolute Gasteiger partial charge is 0.326 e. The molecule has 0 aromatic heterocycles. The summed E-state index contributed by atoms with van der Waals surface area (Å²) < 4.78 is 38.1. The van der Waals surface area contributed by atoms with E-state index in [0.29, 0.717) is 5.56 Å². The Hall–Kier alpha value is -1.60. The standard InChI is InChI=1S/C13H18F3N3O/c1-8(2)18-7-12(20)19-11-4-9(6-17)3-10(5-11)13(14,15)16/h3-5,8,18H,6-7,17H2,1-2H3,(H,19,20). The van der Waals surface area contributed by atoms with Crippen molar-refractivity contribution >= 4 is 11.6 Å². The minimum absolute atomic E-state index is 0.0307. The predicted octanol–water partition coefficient (Wildman–Crippen LogP) is 2.10. The molecule has 0 heterocycles. The van der Waals surface area contributed by atoms with Crippen LogP contribution in [0.25, 0.3) is 0 Å². The number of amides is 1. The highest BCUT2D eigenvalue weighted by Gasteiger charge is 2.31. The van der Waals surface area contributed by atoms with Crippen LogP contribution in [0.4, 0.5) is 18.9 Å². The van der Waals surface area contributed by atoms with Crippen LogP contribution in [0.5, 0.6) is 0 Å². The molecule has 1 aromatic rings. The second-order valence-corrected chi connectivity index (χ2v) is 4.70. The van der Waals surface area contributed by atoms with E-state index >= 15 is 0 Å². The molecule has 0 radical (unpaired) electrons. The summed E-state index contributed by atoms with van der Waals surface area (Å²) in [6, 6.07) is 3.42. The van der Waals surface area contributed by atoms with E-state index in [1.165, 1.54) is 6.07 Å². The molecular weight excluding hydrogens is 271 g/mol. The van der Waals surface area contributed by atoms with Crippen LogP contribution in [0.3, 0.4) is 0 Å². The molecule has 20 heavy (non-hydrogen) atoms. The van der Waals surface area contributed by atoms with Gasteiger partial charge in [-0.25, -0.2) is 0 Å². The van der Waals surface area contributed by atoms with Crippen LogP contribution in [-0.4, -0.2) is 18.5 Å². The maximum atomic E-state index is 12.7. The van der Waals surface area contributed by atoms with Crippen LogP contribution in [0.2, 0.25) is 0 Å². The van der Waals surface area contributed by atoms with Gasteiger partial charge in [0.2, 0.25) is 5.91 Å². The molecule has 4 N–H and O–H groups in total. The van der Waals surface area contributed by atoms with E-state index in [1.807, 2.05) is 13.8 Å². The van der Waals surface area contributed by atoms with Crippen molar-refractivity contribution in [1.29, 1.82) is 0 Å². The molecule has 1 amide bonds. The molecule has 0 fully saturated rings. The Morgan fingerprint density at radius 2 is 1.95 bits per heavy atom. The molecule has 0 saturated heterocycles. The lowest BCUT2D eigenvalue weighted by molar-refractivity contribution is -0.137. The highest BCUT2D eigenvalue weighted by molar-refractivity contribution is 5.92. The van der Waals surface area contributed by atoms with Crippen LogP contribution in [0, 0.1) is 0 Å². The number of hydrogen-bond acceptors (Lipinski definition) is 3. The molecule has 1 rings (SSSR count). The first kappa shape index (κ1) is 16.5. The van der Waals surface area contributed by atoms with E-state index in [9.17, 15) is 18.0 Å². The van der Waals surface area contributed by atoms with Gasteiger partial charge >= 0.3 is 6.18 Å². The van der Waals surface area contributed by atoms with Crippen molar-refractivity contribution in [1.82, 2.24) is 5.32 Å². The predicted molar refractivity (Wildman–Crippen MR) is 71.1 cm³/mol. The number of alkyl halides is 3. The van der Waals surface area contributed by atoms with E-state index in [2.05, 4.69) is 10.6 Å². The van der Waals surface area contributed by atoms with Gasteiger partial charge in [-0.1, -0.05) is 13.8 Å². The molecule has 0 bridgehead atoms. The topological polar surface area (TPSA) is 67.2 Å². The van der Waals surface area contributed by atoms with E-state index in [-0.39, 0.29) is 24.8 Å². The first-order valence-corrected chi connectivity index (χ1v) is 6.17. The molecule has 1 aromatic carbocycles. The fourth-order valence-corrected chi connectivity index (χ4v) is 1.55. The van der Waals surface area contributed by atoms with Crippen molar-refractivity contribution in [2.45, 2.75) is 32.6 Å². The van der Waals surface area contributed by atoms with Gasteiger partial charge in [0.05, 0.1) is 12.1 Å². The number of nitrogens with one attached hydrogen (secondary N) is 2. The minimum atomic E-state index is -4.47. The molecule has 0 aliphatic carbocycles. The van der Waals surface area contributed by atoms with Crippen molar-refractivity contribution in [3.8, 4) is 0 Å². The van der Waals surface area contributed by atoms with Crippen molar-refractivity contribution in [2.75, 3.05) is 11.9 Å². The Kier molecular flexibility index (Phi) is 5.52. The van der Waals surface area contributed by atoms with Crippen molar-refractivity contribution in [3.05, 3.63) is 29.3 Å². The summed E-state index contributed by atoms with van der Waals surface area (Å²) in [5, 5.41) is 5.31. The molecule has 4 nitrogen and oxygen atoms in total. The molecule has 0 aliphatic heterocycles. The maximum Gasteiger partial charge on any atom is 0.416 e. The Balaban J connectivity index is 2.86. The zero-order valence-electron chi connectivity index (χ0n) is 11.3. The lowest BCUT2D eigenvalue weighted by Gasteiger charge is -2.13. The summed E-state index contributed by atoms with van der Waals surface area (Å²) in [4.78, 5) is 11.6. The fraction of sp³-hybridized carbons (Fsp3) is 0.462. The number of benzene rings is 1. The van der Waals surface area contributed by atoms with Gasteiger partial charge in [0.15, 0.2) is 0 Å². The number of carbonyl (C=O) groups is 1. The zero-order chi connectivity index (χ0) is 15.3. The van der Waals surface area contributed by atoms with Crippen molar-refractivity contribution < 1.29 is 18.0 Å². The Labute approximate surface area is 115 Å². The Morgan fingerprint density at radius 3 is 2.45 bits per heavy atom. The first-order valence-electron chi connectivity index (χ1n) is 6.17. The third-order valence-electron chi connectivity index (χ3n) is 2.51. The third kappa shape index (κ3) is 5.18. The lowest BCUT2D eigenvalue weighted by Crippen LogP contribution is -2.32. The maximum absolute atomic E-state index is 12.7. The Morgan fingerprint density at radius 1 is 1.30 bits per heavy atom. The van der Waals surface area contributed by atoms with Gasteiger partial charge < -0.3 is 16.4 Å². The van der Waals surface area contributed by atoms with Crippen LogP contribution in [-0.2, 0) is 17.5 Å². The van der Waals surface area contributed by atoms with Gasteiger partial charge in [-0.15, -0.1) is 0 Å². The lowest BCUT2D eigenvalue weighted by atomic mass is 10.1. The van der Waals surface area contributed by atoms with Gasteiger partial charge in [0.25, 0.3) is 0 Å². The van der Waals surface area contributed by atoms with Crippen LogP contribution < -0.4 is 16.4 Å². The summed E-state index contributed by atoms with van der Waals surface area (Å²) in [6.07, 6.45) is -4.47. The number of rotatable bonds is 5. The second-order valence-electron chi connectivity index (χ2n) is 4.70. The summed E-state index contributed by atoms with van der Waals surface area (Å²) in [5.74, 6) is -0.402. The quantitative estimate of drug-likeness (QED) is 0.777. The largest absolute Gasteiger partial charge is 0.416 e. The average molecular weight is 289 g/mol. The molecule has 0 saturated carbocycles. The average Bonchev–Trinajstić information content (AvgIpc) is 2.34. The van der Waals surface area contributed by atoms with Crippen molar-refractivity contribution in [2.24, 2.45) is 5.73 Å². The molecule has 112 valence electrons. The van der Waals surface area contributed by atoms with E-state index < -0.39 is 17.6 Å². The van der Waals surface area contributed by atoms with Gasteiger partial charge in [0.1, 0.15) is 0 Å². The highest BCUT2D eigenvalue weighted by Crippen LogP contribution is 2.31. The second kappa shape index (κ2) is 6.71. The number of carbonyl (C=O) groups excluding carboxylic acids is 1. The number of nitrogens with two attached hydrogens (primary N) is 1. The molecule has 0 atom stereocenters. The Bertz CT molecular complexity index is 472. The van der Waals surface area contributed by atoms with Gasteiger partial charge in [-0.3, -0.25) is 4.79 Å². The number of hydrogen-bond donors (Lipinski definition) is 3. The summed E-state index contributed by atoms with van der Waals surface area (Å²) >= 11 is 0. The van der Waals surface area contributed by atoms with Gasteiger partial charge in [-0.2, -0.15) is 13.2 Å². The SMILES string of the molecule is CC(C)NCC(=O)Nc1cc(CN)cc(C(F)(F)F)c1. The fourth-order valence-electron chi connectivity index (χ4n) is 1.55. The van der Waals surface area contributed by atoms with Crippen LogP contribution >= 0.6 is 0 Å². The zero-order valence-corrected chi connectivity index (χ0v) is 11.3. The van der Waals surface area contributed by atoms with Crippen LogP contribution in [0.1, 0.15) is 25.0 Å². The number of halogens is 3.